The van der Waals surface area contributed by atoms with Gasteiger partial charge in [-0.05, 0) is 130 Å². The maximum Gasteiger partial charge on any atom is 0.220 e. The fraction of sp³-hybridized carbons (Fsp3) is 0.972. The predicted molar refractivity (Wildman–Crippen MR) is 165 cm³/mol. The van der Waals surface area contributed by atoms with Crippen LogP contribution in [0, 0.1) is 45.3 Å². The third-order valence-electron chi connectivity index (χ3n) is 14.7. The number of hydrogen-bond donors (Lipinski definition) is 3. The Morgan fingerprint density at radius 2 is 1.59 bits per heavy atom. The molecular weight excluding hydrogens is 510 g/mol. The minimum atomic E-state index is -0.838. The largest absolute Gasteiger partial charge is 0.393 e. The van der Waals surface area contributed by atoms with Gasteiger partial charge in [0.1, 0.15) is 0 Å². The summed E-state index contributed by atoms with van der Waals surface area (Å²) in [5.41, 5.74) is -0.682. The van der Waals surface area contributed by atoms with Crippen LogP contribution in [0.3, 0.4) is 0 Å². The summed E-state index contributed by atoms with van der Waals surface area (Å²) in [6.45, 7) is 20.7. The van der Waals surface area contributed by atoms with E-state index in [0.717, 1.165) is 64.2 Å². The lowest BCUT2D eigenvalue weighted by Crippen LogP contribution is -2.67. The summed E-state index contributed by atoms with van der Waals surface area (Å²) in [5.74, 6) is 1.81. The molecule has 236 valence electrons. The van der Waals surface area contributed by atoms with Gasteiger partial charge in [-0.3, -0.25) is 4.79 Å². The number of hydrogen-bond acceptors (Lipinski definition) is 4. The van der Waals surface area contributed by atoms with Crippen LogP contribution in [0.1, 0.15) is 146 Å². The van der Waals surface area contributed by atoms with Crippen LogP contribution < -0.4 is 5.32 Å². The summed E-state index contributed by atoms with van der Waals surface area (Å²) in [6, 6.07) is 0.231. The van der Waals surface area contributed by atoms with E-state index in [4.69, 9.17) is 4.74 Å². The van der Waals surface area contributed by atoms with Gasteiger partial charge < -0.3 is 20.3 Å². The topological polar surface area (TPSA) is 78.8 Å². The lowest BCUT2D eigenvalue weighted by Gasteiger charge is -2.71. The molecule has 5 heteroatoms. The molecule has 0 unspecified atom stereocenters. The molecule has 0 radical (unpaired) electrons. The molecule has 5 nitrogen and oxygen atoms in total. The lowest BCUT2D eigenvalue weighted by atomic mass is 9.35. The van der Waals surface area contributed by atoms with E-state index in [1.807, 2.05) is 13.8 Å². The molecule has 1 amide bonds. The van der Waals surface area contributed by atoms with Crippen molar-refractivity contribution in [3.05, 3.63) is 0 Å². The van der Waals surface area contributed by atoms with E-state index in [0.29, 0.717) is 24.2 Å². The molecule has 4 saturated carbocycles. The Morgan fingerprint density at radius 3 is 2.22 bits per heavy atom. The summed E-state index contributed by atoms with van der Waals surface area (Å²) in [7, 11) is 0. The van der Waals surface area contributed by atoms with Gasteiger partial charge in [0.2, 0.25) is 5.91 Å². The van der Waals surface area contributed by atoms with Crippen LogP contribution in [-0.4, -0.2) is 45.6 Å². The van der Waals surface area contributed by atoms with Crippen LogP contribution in [0.2, 0.25) is 0 Å². The smallest absolute Gasteiger partial charge is 0.220 e. The van der Waals surface area contributed by atoms with E-state index < -0.39 is 5.60 Å². The first kappa shape index (κ1) is 31.8. The van der Waals surface area contributed by atoms with E-state index in [-0.39, 0.29) is 57.3 Å². The Balaban J connectivity index is 1.38. The van der Waals surface area contributed by atoms with Crippen LogP contribution in [0.4, 0.5) is 0 Å². The van der Waals surface area contributed by atoms with Gasteiger partial charge in [0.05, 0.1) is 23.4 Å². The molecule has 3 N–H and O–H groups in total. The van der Waals surface area contributed by atoms with Crippen molar-refractivity contribution < 1.29 is 19.7 Å². The Labute approximate surface area is 251 Å². The molecule has 4 aliphatic carbocycles. The standard InChI is InChI=1S/C36H63NO4/c1-10-11-12-13-29(39)37-27-16-18-33(6)25(31(27,2)3)15-20-34(7)26(33)22-24(38)30-23(14-19-35(30,34)8)36(9)21-17-28(41-36)32(4,5)40/h23-28,30,38,40H,10-22H2,1-9H3,(H,37,39)/t23-,24+,25-,26+,27-,28-,30-,33-,34+,35+,36-/m0/s1. The van der Waals surface area contributed by atoms with Crippen LogP contribution in [0.5, 0.6) is 0 Å². The number of unbranched alkanes of at least 4 members (excludes halogenated alkanes) is 2. The van der Waals surface area contributed by atoms with Crippen LogP contribution in [0.15, 0.2) is 0 Å². The summed E-state index contributed by atoms with van der Waals surface area (Å²) in [6.07, 6.45) is 13.0. The molecule has 0 aromatic carbocycles. The minimum Gasteiger partial charge on any atom is -0.393 e. The van der Waals surface area contributed by atoms with Gasteiger partial charge in [0.25, 0.3) is 0 Å². The van der Waals surface area contributed by atoms with E-state index in [2.05, 4.69) is 53.8 Å². The van der Waals surface area contributed by atoms with Gasteiger partial charge in [-0.15, -0.1) is 0 Å². The zero-order chi connectivity index (χ0) is 30.2. The second-order valence-corrected chi connectivity index (χ2v) is 17.5. The summed E-state index contributed by atoms with van der Waals surface area (Å²) >= 11 is 0. The summed E-state index contributed by atoms with van der Waals surface area (Å²) in [5, 5.41) is 26.3. The summed E-state index contributed by atoms with van der Waals surface area (Å²) in [4.78, 5) is 12.9. The maximum absolute atomic E-state index is 12.9. The molecule has 0 aromatic rings. The predicted octanol–water partition coefficient (Wildman–Crippen LogP) is 7.42. The Bertz CT molecular complexity index is 989. The zero-order valence-electron chi connectivity index (χ0n) is 27.9. The number of amides is 1. The van der Waals surface area contributed by atoms with Crippen molar-refractivity contribution >= 4 is 5.91 Å². The molecule has 1 heterocycles. The summed E-state index contributed by atoms with van der Waals surface area (Å²) < 4.78 is 6.72. The SMILES string of the molecule is CCCCCC(=O)N[C@H]1CC[C@]2(C)[C@H]3C[C@@H](O)[C@@H]4[C@@H]([C@]5(C)CC[C@@H](C(C)(C)O)O5)CC[C@@]4(C)[C@]3(C)CC[C@H]2C1(C)C. The number of nitrogens with one attached hydrogen (secondary N) is 1. The van der Waals surface area contributed by atoms with E-state index in [1.165, 1.54) is 12.8 Å². The average molecular weight is 574 g/mol. The molecule has 41 heavy (non-hydrogen) atoms. The Kier molecular flexibility index (Phi) is 8.11. The van der Waals surface area contributed by atoms with Gasteiger partial charge in [-0.25, -0.2) is 0 Å². The Morgan fingerprint density at radius 1 is 0.902 bits per heavy atom. The highest BCUT2D eigenvalue weighted by Crippen LogP contribution is 2.76. The number of aliphatic hydroxyl groups is 2. The molecule has 0 aromatic heterocycles. The number of carbonyl (C=O) groups excluding carboxylic acids is 1. The van der Waals surface area contributed by atoms with Crippen LogP contribution in [-0.2, 0) is 9.53 Å². The number of rotatable bonds is 7. The molecular formula is C36H63NO4. The highest BCUT2D eigenvalue weighted by atomic mass is 16.5. The van der Waals surface area contributed by atoms with Crippen LogP contribution in [0.25, 0.3) is 0 Å². The van der Waals surface area contributed by atoms with Gasteiger partial charge in [0.15, 0.2) is 0 Å². The molecule has 11 atom stereocenters. The van der Waals surface area contributed by atoms with E-state index >= 15 is 0 Å². The van der Waals surface area contributed by atoms with Crippen molar-refractivity contribution in [2.24, 2.45) is 45.3 Å². The molecule has 5 fully saturated rings. The van der Waals surface area contributed by atoms with Gasteiger partial charge in [-0.1, -0.05) is 54.4 Å². The van der Waals surface area contributed by atoms with Crippen molar-refractivity contribution in [2.75, 3.05) is 0 Å². The van der Waals surface area contributed by atoms with E-state index in [9.17, 15) is 15.0 Å². The van der Waals surface area contributed by atoms with Gasteiger partial charge in [0, 0.05) is 12.5 Å². The maximum atomic E-state index is 12.9. The van der Waals surface area contributed by atoms with Crippen molar-refractivity contribution in [3.8, 4) is 0 Å². The van der Waals surface area contributed by atoms with Crippen molar-refractivity contribution in [1.29, 1.82) is 0 Å². The fourth-order valence-corrected chi connectivity index (χ4v) is 12.1. The second kappa shape index (κ2) is 10.5. The molecule has 5 aliphatic rings. The first-order chi connectivity index (χ1) is 18.9. The quantitative estimate of drug-likeness (QED) is 0.277. The zero-order valence-corrected chi connectivity index (χ0v) is 27.9. The molecule has 1 aliphatic heterocycles. The first-order valence-corrected chi connectivity index (χ1v) is 17.3. The average Bonchev–Trinajstić information content (AvgIpc) is 3.46. The van der Waals surface area contributed by atoms with Crippen molar-refractivity contribution in [3.63, 3.8) is 0 Å². The third-order valence-corrected chi connectivity index (χ3v) is 14.7. The van der Waals surface area contributed by atoms with Gasteiger partial charge >= 0.3 is 0 Å². The van der Waals surface area contributed by atoms with Crippen molar-refractivity contribution in [2.45, 2.75) is 175 Å². The van der Waals surface area contributed by atoms with Crippen LogP contribution >= 0.6 is 0 Å². The number of carbonyl (C=O) groups is 1. The number of aliphatic hydroxyl groups excluding tert-OH is 1. The highest BCUT2D eigenvalue weighted by Gasteiger charge is 2.72. The fourth-order valence-electron chi connectivity index (χ4n) is 12.1. The molecule has 5 rings (SSSR count). The third kappa shape index (κ3) is 4.85. The lowest BCUT2D eigenvalue weighted by molar-refractivity contribution is -0.240. The number of ether oxygens (including phenoxy) is 1. The number of fused-ring (bicyclic) bond motifs is 5. The molecule has 0 bridgehead atoms. The first-order valence-electron chi connectivity index (χ1n) is 17.3. The normalized spacial score (nSPS) is 49.2. The molecule has 0 spiro atoms. The van der Waals surface area contributed by atoms with E-state index in [1.54, 1.807) is 0 Å². The minimum absolute atomic E-state index is 0.0347. The highest BCUT2D eigenvalue weighted by molar-refractivity contribution is 5.76. The monoisotopic (exact) mass is 573 g/mol. The Hall–Kier alpha value is -0.650. The van der Waals surface area contributed by atoms with Gasteiger partial charge in [-0.2, -0.15) is 0 Å². The van der Waals surface area contributed by atoms with Crippen molar-refractivity contribution in [1.82, 2.24) is 5.32 Å². The second-order valence-electron chi connectivity index (χ2n) is 17.5. The molecule has 1 saturated heterocycles.